The van der Waals surface area contributed by atoms with E-state index in [0.29, 0.717) is 0 Å². The van der Waals surface area contributed by atoms with Crippen molar-refractivity contribution in [2.75, 3.05) is 0 Å². The quantitative estimate of drug-likeness (QED) is 0.541. The summed E-state index contributed by atoms with van der Waals surface area (Å²) in [5.41, 5.74) is 3.06. The number of rotatable bonds is 0. The van der Waals surface area contributed by atoms with E-state index in [1.807, 2.05) is 0 Å². The van der Waals surface area contributed by atoms with Gasteiger partial charge in [-0.1, -0.05) is 24.3 Å². The van der Waals surface area contributed by atoms with Gasteiger partial charge in [0.25, 0.3) is 0 Å². The molecule has 0 radical (unpaired) electrons. The third-order valence-electron chi connectivity index (χ3n) is 1.73. The first kappa shape index (κ1) is 11.7. The van der Waals surface area contributed by atoms with Crippen molar-refractivity contribution in [3.63, 3.8) is 0 Å². The fourth-order valence-electron chi connectivity index (χ4n) is 1.27. The van der Waals surface area contributed by atoms with Crippen LogP contribution < -0.4 is 0 Å². The maximum atomic E-state index is 2.23. The maximum Gasteiger partial charge on any atom is 0 e. The van der Waals surface area contributed by atoms with Crippen molar-refractivity contribution in [2.24, 2.45) is 0 Å². The van der Waals surface area contributed by atoms with Gasteiger partial charge >= 0.3 is 0 Å². The van der Waals surface area contributed by atoms with Crippen LogP contribution in [0.4, 0.5) is 0 Å². The van der Waals surface area contributed by atoms with E-state index in [0.717, 1.165) is 0 Å². The minimum absolute atomic E-state index is 0. The van der Waals surface area contributed by atoms with Gasteiger partial charge in [0.1, 0.15) is 0 Å². The molecular weight excluding hydrogens is 176 g/mol. The summed E-state index contributed by atoms with van der Waals surface area (Å²) in [5, 5.41) is 0. The van der Waals surface area contributed by atoms with Crippen LogP contribution in [0, 0.1) is 75.5 Å². The molecule has 0 heterocycles. The number of allylic oxidation sites excluding steroid dienone is 6. The Morgan fingerprint density at radius 1 is 0.800 bits per heavy atom. The summed E-state index contributed by atoms with van der Waals surface area (Å²) in [5.74, 6) is 0. The van der Waals surface area contributed by atoms with E-state index in [1.54, 1.807) is 0 Å². The van der Waals surface area contributed by atoms with E-state index in [2.05, 4.69) is 24.3 Å². The van der Waals surface area contributed by atoms with Crippen LogP contribution in [0.1, 0.15) is 12.8 Å². The SMILES string of the molecule is C1=CC2=C(C=CC2)C1.[Ar].[Ar]. The predicted molar refractivity (Wildman–Crippen MR) is 34.5 cm³/mol. The minimum atomic E-state index is 0. The van der Waals surface area contributed by atoms with E-state index >= 15 is 0 Å². The largest absolute Gasteiger partial charge is 0.0798 e. The van der Waals surface area contributed by atoms with Crippen LogP contribution in [0.25, 0.3) is 0 Å². The number of hydrogen-bond acceptors (Lipinski definition) is 0. The molecule has 0 spiro atoms. The molecule has 2 heteroatoms. The molecular formula is C8H8Ar2. The molecule has 0 aromatic heterocycles. The summed E-state index contributed by atoms with van der Waals surface area (Å²) in [6.07, 6.45) is 11.3. The summed E-state index contributed by atoms with van der Waals surface area (Å²) in [4.78, 5) is 0. The van der Waals surface area contributed by atoms with Crippen molar-refractivity contribution in [3.05, 3.63) is 35.5 Å². The summed E-state index contributed by atoms with van der Waals surface area (Å²) >= 11 is 0. The van der Waals surface area contributed by atoms with Gasteiger partial charge in [0.15, 0.2) is 0 Å². The second-order valence-corrected chi connectivity index (χ2v) is 2.26. The second kappa shape index (κ2) is 5.40. The van der Waals surface area contributed by atoms with E-state index in [-0.39, 0.29) is 75.5 Å². The van der Waals surface area contributed by atoms with Gasteiger partial charge in [-0.05, 0) is 24.0 Å². The van der Waals surface area contributed by atoms with Crippen LogP contribution in [0.3, 0.4) is 0 Å². The Kier molecular flexibility index (Phi) is 6.34. The van der Waals surface area contributed by atoms with Crippen LogP contribution in [-0.2, 0) is 0 Å². The molecule has 2 aliphatic carbocycles. The molecule has 0 aliphatic heterocycles. The van der Waals surface area contributed by atoms with Crippen LogP contribution in [0.5, 0.6) is 0 Å². The molecule has 2 aliphatic rings. The molecule has 0 amide bonds. The zero-order valence-corrected chi connectivity index (χ0v) is 6.84. The van der Waals surface area contributed by atoms with Gasteiger partial charge in [-0.15, -0.1) is 0 Å². The fourth-order valence-corrected chi connectivity index (χ4v) is 1.27. The fraction of sp³-hybridized carbons (Fsp3) is 0.250. The van der Waals surface area contributed by atoms with Gasteiger partial charge in [0, 0.05) is 75.5 Å². The van der Waals surface area contributed by atoms with Gasteiger partial charge in [0.2, 0.25) is 0 Å². The van der Waals surface area contributed by atoms with Gasteiger partial charge in [-0.2, -0.15) is 0 Å². The zero-order valence-electron chi connectivity index (χ0n) is 5.43. The second-order valence-electron chi connectivity index (χ2n) is 2.26. The standard InChI is InChI=1S/C8H8.2Ar/c1-3-7-5-2-6-8(7)4-1;;/h1-3,6H,4-5H2;;. The molecule has 56 valence electrons. The Morgan fingerprint density at radius 2 is 1.20 bits per heavy atom. The van der Waals surface area contributed by atoms with Crippen LogP contribution in [-0.4, -0.2) is 0 Å². The molecule has 10 heavy (non-hydrogen) atoms. The molecule has 0 aromatic carbocycles. The molecule has 0 aromatic rings. The first-order chi connectivity index (χ1) is 3.97. The van der Waals surface area contributed by atoms with Crippen LogP contribution in [0.15, 0.2) is 35.5 Å². The first-order valence-electron chi connectivity index (χ1n) is 3.02. The Morgan fingerprint density at radius 3 is 1.60 bits per heavy atom. The van der Waals surface area contributed by atoms with Crippen LogP contribution >= 0.6 is 0 Å². The minimum Gasteiger partial charge on any atom is -0.0798 e. The molecule has 0 N–H and O–H groups in total. The Balaban J connectivity index is 0.000000405. The molecule has 0 nitrogen and oxygen atoms in total. The molecule has 0 unspecified atom stereocenters. The van der Waals surface area contributed by atoms with E-state index in [4.69, 9.17) is 0 Å². The monoisotopic (exact) mass is 184 g/mol. The predicted octanol–water partition coefficient (Wildman–Crippen LogP) is 2.20. The summed E-state index contributed by atoms with van der Waals surface area (Å²) in [6, 6.07) is 0. The average Bonchev–Trinajstić information content (AvgIpc) is 2.15. The first-order valence-corrected chi connectivity index (χ1v) is 3.02. The van der Waals surface area contributed by atoms with Crippen molar-refractivity contribution in [3.8, 4) is 0 Å². The van der Waals surface area contributed by atoms with E-state index in [1.165, 1.54) is 24.0 Å². The Bertz CT molecular complexity index is 177. The van der Waals surface area contributed by atoms with E-state index in [9.17, 15) is 0 Å². The van der Waals surface area contributed by atoms with Gasteiger partial charge in [-0.25, -0.2) is 0 Å². The van der Waals surface area contributed by atoms with Crippen molar-refractivity contribution >= 4 is 0 Å². The molecule has 0 fully saturated rings. The molecule has 2 rings (SSSR count). The van der Waals surface area contributed by atoms with E-state index < -0.39 is 0 Å². The average molecular weight is 184 g/mol. The topological polar surface area (TPSA) is 0 Å². The summed E-state index contributed by atoms with van der Waals surface area (Å²) in [6.45, 7) is 0. The Hall–Kier alpha value is 1.74. The van der Waals surface area contributed by atoms with Gasteiger partial charge in [0.05, 0.1) is 0 Å². The normalized spacial score (nSPS) is 18.4. The molecule has 0 saturated heterocycles. The Labute approximate surface area is 121 Å². The van der Waals surface area contributed by atoms with Crippen molar-refractivity contribution < 1.29 is 75.5 Å². The maximum absolute atomic E-state index is 2.23. The van der Waals surface area contributed by atoms with Crippen LogP contribution in [0.2, 0.25) is 0 Å². The molecule has 0 atom stereocenters. The molecule has 0 bridgehead atoms. The third kappa shape index (κ3) is 2.36. The van der Waals surface area contributed by atoms with Crippen molar-refractivity contribution in [1.29, 1.82) is 0 Å². The summed E-state index contributed by atoms with van der Waals surface area (Å²) in [7, 11) is 0. The third-order valence-corrected chi connectivity index (χ3v) is 1.73. The smallest absolute Gasteiger partial charge is 0 e. The summed E-state index contributed by atoms with van der Waals surface area (Å²) < 4.78 is 0. The van der Waals surface area contributed by atoms with Crippen molar-refractivity contribution in [2.45, 2.75) is 12.8 Å². The zero-order chi connectivity index (χ0) is 5.40. The number of hydrogen-bond donors (Lipinski definition) is 0. The van der Waals surface area contributed by atoms with Crippen molar-refractivity contribution in [1.82, 2.24) is 0 Å². The van der Waals surface area contributed by atoms with Gasteiger partial charge in [-0.3, -0.25) is 0 Å². The molecule has 0 saturated carbocycles. The van der Waals surface area contributed by atoms with Gasteiger partial charge < -0.3 is 0 Å².